The summed E-state index contributed by atoms with van der Waals surface area (Å²) in [5.41, 5.74) is 2.48. The second kappa shape index (κ2) is 7.66. The molecule has 6 rings (SSSR count). The highest BCUT2D eigenvalue weighted by molar-refractivity contribution is 6.29. The number of alkyl halides is 3. The Labute approximate surface area is 198 Å². The lowest BCUT2D eigenvalue weighted by Gasteiger charge is -2.32. The van der Waals surface area contributed by atoms with Crippen LogP contribution in [0.5, 0.6) is 0 Å². The quantitative estimate of drug-likeness (QED) is 0.375. The van der Waals surface area contributed by atoms with E-state index in [0.29, 0.717) is 23.0 Å². The van der Waals surface area contributed by atoms with Crippen LogP contribution < -0.4 is 0 Å². The average molecular weight is 504 g/mol. The molecule has 0 unspecified atom stereocenters. The molecule has 1 atom stereocenters. The Bertz CT molecular complexity index is 1570. The van der Waals surface area contributed by atoms with Crippen molar-refractivity contribution >= 4 is 23.0 Å². The summed E-state index contributed by atoms with van der Waals surface area (Å²) in [7, 11) is 0. The van der Waals surface area contributed by atoms with E-state index in [9.17, 15) is 18.0 Å². The first-order chi connectivity index (χ1) is 16.8. The molecule has 0 spiro atoms. The van der Waals surface area contributed by atoms with E-state index in [4.69, 9.17) is 16.0 Å². The van der Waals surface area contributed by atoms with Crippen molar-refractivity contribution in [2.45, 2.75) is 18.8 Å². The smallest absolute Gasteiger partial charge is 0.411 e. The fourth-order valence-corrected chi connectivity index (χ4v) is 4.25. The predicted octanol–water partition coefficient (Wildman–Crippen LogP) is 3.22. The van der Waals surface area contributed by atoms with E-state index < -0.39 is 24.1 Å². The second-order valence-electron chi connectivity index (χ2n) is 7.70. The molecule has 0 fully saturated rings. The fourth-order valence-electron chi connectivity index (χ4n) is 4.05. The maximum atomic E-state index is 13.4. The normalized spacial score (nSPS) is 16.1. The standard InChI is InChI=1S/C20H13ClF3N9O2/c21-14-3-1-2-10-8-13(30-33(10)14)16-15-11(25-9-26-15)4-6-31(16)19(34)18-28-27-17(35-18)12-5-7-32(29-12)20(22,23)24/h1-3,5,7-9,16H,4,6H2,(H,25,26)/t16-/m1/s1. The van der Waals surface area contributed by atoms with Gasteiger partial charge in [-0.1, -0.05) is 17.7 Å². The molecule has 11 nitrogen and oxygen atoms in total. The van der Waals surface area contributed by atoms with E-state index in [0.717, 1.165) is 23.5 Å². The number of halogens is 4. The number of hydrogen-bond donors (Lipinski definition) is 1. The molecule has 5 aromatic rings. The summed E-state index contributed by atoms with van der Waals surface area (Å²) in [5.74, 6) is -1.34. The molecule has 0 saturated heterocycles. The van der Waals surface area contributed by atoms with Crippen LogP contribution in [0.15, 0.2) is 47.3 Å². The number of amides is 1. The molecule has 1 aliphatic rings. The van der Waals surface area contributed by atoms with Crippen LogP contribution in [0.1, 0.15) is 33.8 Å². The molecule has 0 bridgehead atoms. The first-order valence-electron chi connectivity index (χ1n) is 10.2. The van der Waals surface area contributed by atoms with E-state index in [1.165, 1.54) is 11.2 Å². The number of pyridine rings is 1. The minimum atomic E-state index is -4.70. The van der Waals surface area contributed by atoms with E-state index in [-0.39, 0.29) is 22.8 Å². The predicted molar refractivity (Wildman–Crippen MR) is 112 cm³/mol. The number of imidazole rings is 1. The van der Waals surface area contributed by atoms with Crippen molar-refractivity contribution in [2.75, 3.05) is 6.54 Å². The lowest BCUT2D eigenvalue weighted by molar-refractivity contribution is -0.212. The number of rotatable bonds is 3. The minimum Gasteiger partial charge on any atom is -0.411 e. The number of carbonyl (C=O) groups excluding carboxylic acids is 1. The van der Waals surface area contributed by atoms with Gasteiger partial charge in [-0.2, -0.15) is 14.9 Å². The highest BCUT2D eigenvalue weighted by atomic mass is 35.5. The summed E-state index contributed by atoms with van der Waals surface area (Å²) in [4.78, 5) is 22.4. The molecule has 0 radical (unpaired) electrons. The summed E-state index contributed by atoms with van der Waals surface area (Å²) in [6.07, 6.45) is -1.95. The van der Waals surface area contributed by atoms with Crippen molar-refractivity contribution in [2.24, 2.45) is 0 Å². The Morgan fingerprint density at radius 3 is 2.83 bits per heavy atom. The van der Waals surface area contributed by atoms with E-state index in [1.54, 1.807) is 22.7 Å². The van der Waals surface area contributed by atoms with Crippen molar-refractivity contribution in [3.8, 4) is 11.6 Å². The number of aromatic nitrogens is 8. The topological polar surface area (TPSA) is 123 Å². The summed E-state index contributed by atoms with van der Waals surface area (Å²) in [6.45, 7) is 0.278. The van der Waals surface area contributed by atoms with Gasteiger partial charge in [0.05, 0.1) is 23.2 Å². The molecular formula is C20H13ClF3N9O2. The van der Waals surface area contributed by atoms with Gasteiger partial charge in [-0.15, -0.1) is 23.4 Å². The highest BCUT2D eigenvalue weighted by Gasteiger charge is 2.38. The second-order valence-corrected chi connectivity index (χ2v) is 8.08. The van der Waals surface area contributed by atoms with Crippen molar-refractivity contribution < 1.29 is 22.4 Å². The molecule has 1 N–H and O–H groups in total. The van der Waals surface area contributed by atoms with Crippen LogP contribution in [0.25, 0.3) is 17.1 Å². The maximum Gasteiger partial charge on any atom is 0.504 e. The Balaban J connectivity index is 1.37. The zero-order valence-corrected chi connectivity index (χ0v) is 18.2. The Kier molecular flexibility index (Phi) is 4.67. The molecule has 0 saturated carbocycles. The van der Waals surface area contributed by atoms with Crippen LogP contribution in [-0.4, -0.2) is 56.9 Å². The molecule has 178 valence electrons. The average Bonchev–Trinajstić information content (AvgIpc) is 3.62. The number of carbonyl (C=O) groups is 1. The van der Waals surface area contributed by atoms with Crippen molar-refractivity contribution in [1.82, 2.24) is 44.5 Å². The summed E-state index contributed by atoms with van der Waals surface area (Å²) < 4.78 is 45.3. The highest BCUT2D eigenvalue weighted by Crippen LogP contribution is 2.35. The van der Waals surface area contributed by atoms with E-state index >= 15 is 0 Å². The molecular weight excluding hydrogens is 491 g/mol. The summed E-state index contributed by atoms with van der Waals surface area (Å²) in [6, 6.07) is 7.47. The van der Waals surface area contributed by atoms with Gasteiger partial charge < -0.3 is 14.3 Å². The first kappa shape index (κ1) is 21.3. The van der Waals surface area contributed by atoms with Gasteiger partial charge in [-0.25, -0.2) is 9.50 Å². The van der Waals surface area contributed by atoms with E-state index in [1.807, 2.05) is 6.07 Å². The zero-order valence-electron chi connectivity index (χ0n) is 17.4. The van der Waals surface area contributed by atoms with Crippen molar-refractivity contribution in [1.29, 1.82) is 0 Å². The number of H-pyrrole nitrogens is 1. The zero-order chi connectivity index (χ0) is 24.3. The third-order valence-electron chi connectivity index (χ3n) is 5.60. The van der Waals surface area contributed by atoms with Gasteiger partial charge in [0.1, 0.15) is 16.9 Å². The number of aromatic amines is 1. The van der Waals surface area contributed by atoms with Crippen LogP contribution >= 0.6 is 11.6 Å². The third kappa shape index (κ3) is 3.53. The molecule has 35 heavy (non-hydrogen) atoms. The molecule has 0 aliphatic carbocycles. The molecule has 1 amide bonds. The van der Waals surface area contributed by atoms with Gasteiger partial charge in [0.25, 0.3) is 5.89 Å². The number of nitrogens with zero attached hydrogens (tertiary/aromatic N) is 8. The molecule has 1 aliphatic heterocycles. The van der Waals surface area contributed by atoms with Crippen LogP contribution in [0.3, 0.4) is 0 Å². The fraction of sp³-hybridized carbons (Fsp3) is 0.200. The van der Waals surface area contributed by atoms with Crippen LogP contribution in [-0.2, 0) is 12.7 Å². The lowest BCUT2D eigenvalue weighted by atomic mass is 9.99. The van der Waals surface area contributed by atoms with Gasteiger partial charge >= 0.3 is 18.1 Å². The Morgan fingerprint density at radius 2 is 2.06 bits per heavy atom. The molecule has 0 aromatic carbocycles. The van der Waals surface area contributed by atoms with Gasteiger partial charge in [0.2, 0.25) is 0 Å². The van der Waals surface area contributed by atoms with Gasteiger partial charge in [0.15, 0.2) is 0 Å². The third-order valence-corrected chi connectivity index (χ3v) is 5.89. The minimum absolute atomic E-state index is 0.192. The molecule has 6 heterocycles. The summed E-state index contributed by atoms with van der Waals surface area (Å²) >= 11 is 6.26. The largest absolute Gasteiger partial charge is 0.504 e. The van der Waals surface area contributed by atoms with Crippen molar-refractivity contribution in [3.63, 3.8) is 0 Å². The number of hydrogen-bond acceptors (Lipinski definition) is 7. The van der Waals surface area contributed by atoms with Crippen LogP contribution in [0.4, 0.5) is 13.2 Å². The van der Waals surface area contributed by atoms with Gasteiger partial charge in [-0.3, -0.25) is 4.79 Å². The SMILES string of the molecule is O=C(c1nnc(-c2ccn(C(F)(F)F)n2)o1)N1CCc2[nH]cnc2[C@H]1c1cc2cccc(Cl)n2n1. The van der Waals surface area contributed by atoms with Crippen molar-refractivity contribution in [3.05, 3.63) is 71.0 Å². The number of fused-ring (bicyclic) bond motifs is 2. The lowest BCUT2D eigenvalue weighted by Crippen LogP contribution is -2.41. The Hall–Kier alpha value is -4.20. The van der Waals surface area contributed by atoms with Crippen LogP contribution in [0, 0.1) is 0 Å². The first-order valence-corrected chi connectivity index (χ1v) is 10.6. The maximum absolute atomic E-state index is 13.4. The van der Waals surface area contributed by atoms with Gasteiger partial charge in [0, 0.05) is 24.9 Å². The van der Waals surface area contributed by atoms with Crippen LogP contribution in [0.2, 0.25) is 5.15 Å². The van der Waals surface area contributed by atoms with Gasteiger partial charge in [-0.05, 0) is 24.3 Å². The molecule has 15 heteroatoms. The summed E-state index contributed by atoms with van der Waals surface area (Å²) in [5, 5.41) is 15.8. The van der Waals surface area contributed by atoms with E-state index in [2.05, 4.69) is 30.4 Å². The monoisotopic (exact) mass is 503 g/mol. The Morgan fingerprint density at radius 1 is 1.20 bits per heavy atom. The molecule has 5 aromatic heterocycles. The number of nitrogens with one attached hydrogen (secondary N) is 1.